The summed E-state index contributed by atoms with van der Waals surface area (Å²) >= 11 is 0. The summed E-state index contributed by atoms with van der Waals surface area (Å²) in [5.74, 6) is 0.495. The van der Waals surface area contributed by atoms with Gasteiger partial charge in [0.1, 0.15) is 11.8 Å². The number of H-pyrrole nitrogens is 1. The van der Waals surface area contributed by atoms with Gasteiger partial charge in [0, 0.05) is 47.0 Å². The van der Waals surface area contributed by atoms with E-state index < -0.39 is 0 Å². The van der Waals surface area contributed by atoms with Crippen molar-refractivity contribution in [3.05, 3.63) is 71.0 Å². The summed E-state index contributed by atoms with van der Waals surface area (Å²) in [6.45, 7) is 6.58. The predicted molar refractivity (Wildman–Crippen MR) is 109 cm³/mol. The summed E-state index contributed by atoms with van der Waals surface area (Å²) in [5.41, 5.74) is 4.73. The molecule has 4 aromatic rings. The first-order chi connectivity index (χ1) is 14.0. The second-order valence-corrected chi connectivity index (χ2v) is 7.88. The monoisotopic (exact) mass is 389 g/mol. The van der Waals surface area contributed by atoms with Crippen molar-refractivity contribution in [2.45, 2.75) is 39.3 Å². The van der Waals surface area contributed by atoms with Crippen LogP contribution in [0.4, 0.5) is 0 Å². The Kier molecular flexibility index (Phi) is 4.04. The zero-order valence-corrected chi connectivity index (χ0v) is 16.7. The lowest BCUT2D eigenvalue weighted by Gasteiger charge is -2.35. The minimum absolute atomic E-state index is 0.131. The average Bonchev–Trinajstić information content (AvgIpc) is 3.44. The Bertz CT molecular complexity index is 1200. The number of fused-ring (bicyclic) bond motifs is 3. The van der Waals surface area contributed by atoms with Crippen molar-refractivity contribution in [1.29, 1.82) is 0 Å². The van der Waals surface area contributed by atoms with Crippen molar-refractivity contribution in [3.8, 4) is 0 Å². The second kappa shape index (κ2) is 6.62. The number of carbonyl (C=O) groups is 1. The lowest BCUT2D eigenvalue weighted by molar-refractivity contribution is 0.0681. The lowest BCUT2D eigenvalue weighted by Crippen LogP contribution is -2.40. The van der Waals surface area contributed by atoms with Crippen molar-refractivity contribution >= 4 is 16.8 Å². The smallest absolute Gasteiger partial charge is 0.276 e. The summed E-state index contributed by atoms with van der Waals surface area (Å²) in [6.07, 6.45) is 4.68. The Morgan fingerprint density at radius 1 is 1.31 bits per heavy atom. The summed E-state index contributed by atoms with van der Waals surface area (Å²) in [4.78, 5) is 18.8. The number of amides is 1. The first-order valence-corrected chi connectivity index (χ1v) is 9.90. The van der Waals surface area contributed by atoms with Crippen LogP contribution < -0.4 is 0 Å². The van der Waals surface area contributed by atoms with E-state index in [0.29, 0.717) is 18.0 Å². The molecule has 0 aliphatic carbocycles. The first kappa shape index (κ1) is 17.7. The summed E-state index contributed by atoms with van der Waals surface area (Å²) < 4.78 is 7.07. The standard InChI is InChI=1S/C22H23N5O2/c1-13(2)27-12-15(11-23-27)21-20-17(16-6-4-5-7-18(16)24-20)8-9-26(21)22(28)19-10-14(3)29-25-19/h4-7,10-13,21,24H,8-9H2,1-3H3/t21-/m1/s1. The van der Waals surface area contributed by atoms with Crippen LogP contribution in [-0.2, 0) is 6.42 Å². The number of para-hydroxylation sites is 1. The number of aromatic nitrogens is 4. The van der Waals surface area contributed by atoms with Gasteiger partial charge in [-0.1, -0.05) is 23.4 Å². The van der Waals surface area contributed by atoms with Crippen molar-refractivity contribution < 1.29 is 9.32 Å². The highest BCUT2D eigenvalue weighted by Gasteiger charge is 2.36. The Morgan fingerprint density at radius 2 is 2.14 bits per heavy atom. The molecule has 1 amide bonds. The number of hydrogen-bond acceptors (Lipinski definition) is 4. The van der Waals surface area contributed by atoms with Crippen LogP contribution in [0.15, 0.2) is 47.2 Å². The van der Waals surface area contributed by atoms with Crippen LogP contribution in [0.25, 0.3) is 10.9 Å². The normalized spacial score (nSPS) is 16.6. The number of benzene rings is 1. The number of aromatic amines is 1. The SMILES string of the molecule is Cc1cc(C(=O)N2CCc3c([nH]c4ccccc34)[C@H]2c2cnn(C(C)C)c2)no1. The van der Waals surface area contributed by atoms with Gasteiger partial charge in [-0.05, 0) is 38.8 Å². The van der Waals surface area contributed by atoms with Crippen LogP contribution in [0, 0.1) is 6.92 Å². The topological polar surface area (TPSA) is 80.0 Å². The molecule has 7 nitrogen and oxygen atoms in total. The molecule has 0 bridgehead atoms. The lowest BCUT2D eigenvalue weighted by atomic mass is 9.93. The van der Waals surface area contributed by atoms with Gasteiger partial charge in [0.25, 0.3) is 5.91 Å². The third-order valence-electron chi connectivity index (χ3n) is 5.61. The summed E-state index contributed by atoms with van der Waals surface area (Å²) in [7, 11) is 0. The van der Waals surface area contributed by atoms with Crippen LogP contribution in [0.5, 0.6) is 0 Å². The molecule has 0 saturated carbocycles. The Labute approximate surface area is 168 Å². The van der Waals surface area contributed by atoms with Gasteiger partial charge in [0.15, 0.2) is 5.69 Å². The average molecular weight is 389 g/mol. The summed E-state index contributed by atoms with van der Waals surface area (Å²) in [6, 6.07) is 9.99. The largest absolute Gasteiger partial charge is 0.361 e. The van der Waals surface area contributed by atoms with Crippen LogP contribution in [0.2, 0.25) is 0 Å². The molecule has 4 heterocycles. The fourth-order valence-corrected chi connectivity index (χ4v) is 4.20. The molecule has 0 saturated heterocycles. The minimum atomic E-state index is -0.247. The molecule has 1 atom stereocenters. The van der Waals surface area contributed by atoms with E-state index in [2.05, 4.69) is 47.3 Å². The van der Waals surface area contributed by atoms with Crippen LogP contribution in [0.3, 0.4) is 0 Å². The van der Waals surface area contributed by atoms with E-state index in [0.717, 1.165) is 23.2 Å². The fourth-order valence-electron chi connectivity index (χ4n) is 4.20. The van der Waals surface area contributed by atoms with Gasteiger partial charge in [0.2, 0.25) is 0 Å². The maximum atomic E-state index is 13.3. The zero-order chi connectivity index (χ0) is 20.1. The molecule has 5 rings (SSSR count). The van der Waals surface area contributed by atoms with E-state index in [9.17, 15) is 4.79 Å². The molecule has 148 valence electrons. The third kappa shape index (κ3) is 2.85. The molecule has 29 heavy (non-hydrogen) atoms. The van der Waals surface area contributed by atoms with Gasteiger partial charge in [0.05, 0.1) is 6.20 Å². The van der Waals surface area contributed by atoms with Gasteiger partial charge in [-0.2, -0.15) is 5.10 Å². The molecule has 7 heteroatoms. The van der Waals surface area contributed by atoms with Crippen molar-refractivity contribution in [3.63, 3.8) is 0 Å². The van der Waals surface area contributed by atoms with Crippen LogP contribution in [-0.4, -0.2) is 37.3 Å². The molecule has 1 N–H and O–H groups in total. The number of nitrogens with zero attached hydrogens (tertiary/aromatic N) is 4. The Morgan fingerprint density at radius 3 is 2.86 bits per heavy atom. The molecular formula is C22H23N5O2. The maximum absolute atomic E-state index is 13.3. The fraction of sp³-hybridized carbons (Fsp3) is 0.318. The zero-order valence-electron chi connectivity index (χ0n) is 16.7. The van der Waals surface area contributed by atoms with Crippen molar-refractivity contribution in [1.82, 2.24) is 24.8 Å². The molecule has 0 unspecified atom stereocenters. The van der Waals surface area contributed by atoms with E-state index in [1.807, 2.05) is 28.0 Å². The number of carbonyl (C=O) groups excluding carboxylic acids is 1. The van der Waals surface area contributed by atoms with E-state index in [-0.39, 0.29) is 18.0 Å². The Hall–Kier alpha value is -3.35. The number of rotatable bonds is 3. The predicted octanol–water partition coefficient (Wildman–Crippen LogP) is 4.03. The van der Waals surface area contributed by atoms with Crippen molar-refractivity contribution in [2.75, 3.05) is 6.54 Å². The van der Waals surface area contributed by atoms with Gasteiger partial charge in [-0.3, -0.25) is 9.48 Å². The molecular weight excluding hydrogens is 366 g/mol. The van der Waals surface area contributed by atoms with Gasteiger partial charge >= 0.3 is 0 Å². The first-order valence-electron chi connectivity index (χ1n) is 9.90. The van der Waals surface area contributed by atoms with Crippen molar-refractivity contribution in [2.24, 2.45) is 0 Å². The van der Waals surface area contributed by atoms with Crippen LogP contribution >= 0.6 is 0 Å². The number of nitrogens with one attached hydrogen (secondary N) is 1. The molecule has 0 radical (unpaired) electrons. The highest BCUT2D eigenvalue weighted by atomic mass is 16.5. The van der Waals surface area contributed by atoms with Gasteiger partial charge < -0.3 is 14.4 Å². The second-order valence-electron chi connectivity index (χ2n) is 7.88. The Balaban J connectivity index is 1.65. The van der Waals surface area contributed by atoms with E-state index in [1.54, 1.807) is 13.0 Å². The molecule has 0 fully saturated rings. The molecule has 1 aliphatic rings. The molecule has 0 spiro atoms. The quantitative estimate of drug-likeness (QED) is 0.574. The minimum Gasteiger partial charge on any atom is -0.361 e. The van der Waals surface area contributed by atoms with Gasteiger partial charge in [-0.15, -0.1) is 0 Å². The van der Waals surface area contributed by atoms with Gasteiger partial charge in [-0.25, -0.2) is 0 Å². The molecule has 1 aliphatic heterocycles. The third-order valence-corrected chi connectivity index (χ3v) is 5.61. The molecule has 1 aromatic carbocycles. The van der Waals surface area contributed by atoms with E-state index in [1.165, 1.54) is 10.9 Å². The van der Waals surface area contributed by atoms with Crippen LogP contribution in [0.1, 0.15) is 59.0 Å². The van der Waals surface area contributed by atoms with E-state index >= 15 is 0 Å². The summed E-state index contributed by atoms with van der Waals surface area (Å²) in [5, 5.41) is 9.69. The molecule has 3 aromatic heterocycles. The highest BCUT2D eigenvalue weighted by molar-refractivity contribution is 5.94. The number of hydrogen-bond donors (Lipinski definition) is 1. The van der Waals surface area contributed by atoms with E-state index in [4.69, 9.17) is 4.52 Å². The maximum Gasteiger partial charge on any atom is 0.276 e. The highest BCUT2D eigenvalue weighted by Crippen LogP contribution is 2.39. The number of aryl methyl sites for hydroxylation is 1.